The zero-order valence-corrected chi connectivity index (χ0v) is 16.4. The predicted molar refractivity (Wildman–Crippen MR) is 104 cm³/mol. The fourth-order valence-corrected chi connectivity index (χ4v) is 2.83. The molecule has 0 saturated carbocycles. The van der Waals surface area contributed by atoms with Crippen molar-refractivity contribution < 1.29 is 17.9 Å². The van der Waals surface area contributed by atoms with E-state index in [1.54, 1.807) is 6.07 Å². The Hall–Kier alpha value is -2.17. The van der Waals surface area contributed by atoms with Gasteiger partial charge < -0.3 is 10.1 Å². The van der Waals surface area contributed by atoms with Crippen molar-refractivity contribution in [3.63, 3.8) is 0 Å². The number of rotatable bonds is 8. The molecule has 0 unspecified atom stereocenters. The van der Waals surface area contributed by atoms with Crippen LogP contribution in [0.25, 0.3) is 0 Å². The molecule has 2 aromatic rings. The van der Waals surface area contributed by atoms with Crippen molar-refractivity contribution in [3.05, 3.63) is 59.2 Å². The highest BCUT2D eigenvalue weighted by atomic mass is 19.4. The molecule has 0 amide bonds. The number of hydrogen-bond donors (Lipinski definition) is 1. The smallest absolute Gasteiger partial charge is 0.416 e. The topological polar surface area (TPSA) is 21.3 Å². The van der Waals surface area contributed by atoms with Crippen LogP contribution >= 0.6 is 0 Å². The third-order valence-electron chi connectivity index (χ3n) is 4.56. The molecule has 148 valence electrons. The van der Waals surface area contributed by atoms with Gasteiger partial charge in [0, 0.05) is 12.2 Å². The van der Waals surface area contributed by atoms with E-state index in [4.69, 9.17) is 4.74 Å². The first kappa shape index (κ1) is 21.1. The van der Waals surface area contributed by atoms with E-state index in [-0.39, 0.29) is 5.41 Å². The van der Waals surface area contributed by atoms with Crippen molar-refractivity contribution in [1.82, 2.24) is 0 Å². The number of benzene rings is 2. The monoisotopic (exact) mass is 379 g/mol. The average molecular weight is 379 g/mol. The van der Waals surface area contributed by atoms with Gasteiger partial charge in [-0.15, -0.1) is 0 Å². The summed E-state index contributed by atoms with van der Waals surface area (Å²) in [5.74, 6) is 0.912. The summed E-state index contributed by atoms with van der Waals surface area (Å²) in [4.78, 5) is 0. The first-order valence-electron chi connectivity index (χ1n) is 9.18. The molecular formula is C22H28F3NO. The highest BCUT2D eigenvalue weighted by Crippen LogP contribution is 2.31. The lowest BCUT2D eigenvalue weighted by molar-refractivity contribution is -0.137. The quantitative estimate of drug-likeness (QED) is 0.521. The van der Waals surface area contributed by atoms with Gasteiger partial charge in [0.2, 0.25) is 0 Å². The van der Waals surface area contributed by atoms with Gasteiger partial charge in [0.05, 0.1) is 12.2 Å². The zero-order chi connectivity index (χ0) is 20.1. The van der Waals surface area contributed by atoms with Gasteiger partial charge in [0.15, 0.2) is 0 Å². The predicted octanol–water partition coefficient (Wildman–Crippen LogP) is 6.62. The highest BCUT2D eigenvalue weighted by molar-refractivity contribution is 5.46. The van der Waals surface area contributed by atoms with Crippen LogP contribution in [0.5, 0.6) is 5.75 Å². The molecule has 0 aliphatic carbocycles. The number of hydrogen-bond acceptors (Lipinski definition) is 2. The maximum Gasteiger partial charge on any atom is 0.416 e. The summed E-state index contributed by atoms with van der Waals surface area (Å²) in [7, 11) is 0. The van der Waals surface area contributed by atoms with E-state index in [0.717, 1.165) is 36.3 Å². The van der Waals surface area contributed by atoms with Crippen molar-refractivity contribution in [1.29, 1.82) is 0 Å². The first-order chi connectivity index (χ1) is 12.6. The summed E-state index contributed by atoms with van der Waals surface area (Å²) in [5.41, 5.74) is 2.09. The molecule has 0 saturated heterocycles. The Balaban J connectivity index is 1.80. The zero-order valence-electron chi connectivity index (χ0n) is 16.4. The lowest BCUT2D eigenvalue weighted by Crippen LogP contribution is -2.24. The molecule has 0 fully saturated rings. The van der Waals surface area contributed by atoms with E-state index >= 15 is 0 Å². The molecule has 1 N–H and O–H groups in total. The molecule has 0 atom stereocenters. The van der Waals surface area contributed by atoms with E-state index in [0.29, 0.717) is 18.8 Å². The maximum atomic E-state index is 12.8. The van der Waals surface area contributed by atoms with E-state index < -0.39 is 11.7 Å². The van der Waals surface area contributed by atoms with Crippen molar-refractivity contribution >= 4 is 5.69 Å². The number of ether oxygens (including phenoxy) is 1. The van der Waals surface area contributed by atoms with Gasteiger partial charge in [-0.05, 0) is 67.5 Å². The normalized spacial score (nSPS) is 12.1. The minimum absolute atomic E-state index is 0.0563. The Bertz CT molecular complexity index is 753. The molecule has 0 bridgehead atoms. The molecule has 0 heterocycles. The third-order valence-corrected chi connectivity index (χ3v) is 4.56. The molecule has 0 radical (unpaired) electrons. The number of halogens is 3. The Morgan fingerprint density at radius 1 is 1.00 bits per heavy atom. The van der Waals surface area contributed by atoms with Crippen LogP contribution in [0.1, 0.15) is 43.4 Å². The van der Waals surface area contributed by atoms with Gasteiger partial charge in [0.25, 0.3) is 0 Å². The number of aryl methyl sites for hydroxylation is 2. The summed E-state index contributed by atoms with van der Waals surface area (Å²) in [5, 5.41) is 3.13. The fourth-order valence-electron chi connectivity index (χ4n) is 2.83. The molecular weight excluding hydrogens is 351 g/mol. The van der Waals surface area contributed by atoms with Gasteiger partial charge in [-0.1, -0.05) is 32.0 Å². The standard InChI is InChI=1S/C22H28F3NO/c1-16-9-10-17(2)20(13-16)27-12-6-11-21(3,4)15-26-19-8-5-7-18(14-19)22(23,24)25/h5,7-10,13-14,26H,6,11-12,15H2,1-4H3. The van der Waals surface area contributed by atoms with Crippen LogP contribution in [0.2, 0.25) is 0 Å². The third kappa shape index (κ3) is 6.81. The van der Waals surface area contributed by atoms with E-state index in [9.17, 15) is 13.2 Å². The van der Waals surface area contributed by atoms with E-state index in [1.165, 1.54) is 11.6 Å². The Labute approximate surface area is 159 Å². The minimum atomic E-state index is -4.32. The summed E-state index contributed by atoms with van der Waals surface area (Å²) < 4.78 is 44.3. The van der Waals surface area contributed by atoms with Gasteiger partial charge in [-0.25, -0.2) is 0 Å². The molecule has 0 aliphatic heterocycles. The van der Waals surface area contributed by atoms with E-state index in [1.807, 2.05) is 26.0 Å². The van der Waals surface area contributed by atoms with Crippen LogP contribution in [-0.2, 0) is 6.18 Å². The van der Waals surface area contributed by atoms with Crippen LogP contribution < -0.4 is 10.1 Å². The van der Waals surface area contributed by atoms with Gasteiger partial charge in [-0.3, -0.25) is 0 Å². The van der Waals surface area contributed by atoms with Gasteiger partial charge >= 0.3 is 6.18 Å². The molecule has 5 heteroatoms. The molecule has 2 rings (SSSR count). The number of nitrogens with one attached hydrogen (secondary N) is 1. The van der Waals surface area contributed by atoms with E-state index in [2.05, 4.69) is 25.2 Å². The Kier molecular flexibility index (Phi) is 6.79. The average Bonchev–Trinajstić information content (AvgIpc) is 2.59. The molecule has 2 aromatic carbocycles. The lowest BCUT2D eigenvalue weighted by atomic mass is 9.88. The van der Waals surface area contributed by atoms with Crippen LogP contribution in [-0.4, -0.2) is 13.2 Å². The van der Waals surface area contributed by atoms with Crippen LogP contribution in [0.4, 0.5) is 18.9 Å². The highest BCUT2D eigenvalue weighted by Gasteiger charge is 2.30. The van der Waals surface area contributed by atoms with Crippen LogP contribution in [0.15, 0.2) is 42.5 Å². The maximum absolute atomic E-state index is 12.8. The second-order valence-corrected chi connectivity index (χ2v) is 7.82. The summed E-state index contributed by atoms with van der Waals surface area (Å²) >= 11 is 0. The number of anilines is 1. The second-order valence-electron chi connectivity index (χ2n) is 7.82. The Morgan fingerprint density at radius 2 is 1.74 bits per heavy atom. The van der Waals surface area contributed by atoms with Gasteiger partial charge in [-0.2, -0.15) is 13.2 Å². The van der Waals surface area contributed by atoms with Crippen LogP contribution in [0.3, 0.4) is 0 Å². The van der Waals surface area contributed by atoms with Crippen molar-refractivity contribution in [2.24, 2.45) is 5.41 Å². The molecule has 0 aliphatic rings. The summed E-state index contributed by atoms with van der Waals surface area (Å²) in [6.07, 6.45) is -2.53. The number of alkyl halides is 3. The second kappa shape index (κ2) is 8.68. The largest absolute Gasteiger partial charge is 0.493 e. The molecule has 2 nitrogen and oxygen atoms in total. The first-order valence-corrected chi connectivity index (χ1v) is 9.18. The van der Waals surface area contributed by atoms with Crippen molar-refractivity contribution in [2.45, 2.75) is 46.7 Å². The molecule has 0 spiro atoms. The van der Waals surface area contributed by atoms with Crippen LogP contribution in [0, 0.1) is 19.3 Å². The molecule has 27 heavy (non-hydrogen) atoms. The minimum Gasteiger partial charge on any atom is -0.493 e. The Morgan fingerprint density at radius 3 is 2.44 bits per heavy atom. The van der Waals surface area contributed by atoms with Gasteiger partial charge in [0.1, 0.15) is 5.75 Å². The fraction of sp³-hybridized carbons (Fsp3) is 0.455. The summed E-state index contributed by atoms with van der Waals surface area (Å²) in [6.45, 7) is 9.48. The van der Waals surface area contributed by atoms with Crippen molar-refractivity contribution in [2.75, 3.05) is 18.5 Å². The molecule has 0 aromatic heterocycles. The summed E-state index contributed by atoms with van der Waals surface area (Å²) in [6, 6.07) is 11.5. The lowest BCUT2D eigenvalue weighted by Gasteiger charge is -2.26. The SMILES string of the molecule is Cc1ccc(C)c(OCCCC(C)(C)CNc2cccc(C(F)(F)F)c2)c1. The van der Waals surface area contributed by atoms with Crippen molar-refractivity contribution in [3.8, 4) is 5.75 Å².